The standard InChI is InChI=1S/C16H25N3O2/c17-16(21)14(10-13-4-2-1-3-5-13)11-15(20)12-19-8-6-18-7-9-19/h1-5,14-15,18,20H,6-12H2,(H2,17,21)/t14-,15?/m1/s1. The van der Waals surface area contributed by atoms with Crippen LogP contribution < -0.4 is 11.1 Å². The smallest absolute Gasteiger partial charge is 0.220 e. The highest BCUT2D eigenvalue weighted by molar-refractivity contribution is 5.77. The van der Waals surface area contributed by atoms with Gasteiger partial charge in [0.15, 0.2) is 0 Å². The van der Waals surface area contributed by atoms with E-state index in [9.17, 15) is 9.90 Å². The Labute approximate surface area is 126 Å². The Bertz CT molecular complexity index is 432. The van der Waals surface area contributed by atoms with Gasteiger partial charge in [-0.1, -0.05) is 30.3 Å². The lowest BCUT2D eigenvalue weighted by Gasteiger charge is -2.30. The summed E-state index contributed by atoms with van der Waals surface area (Å²) in [7, 11) is 0. The second kappa shape index (κ2) is 8.12. The second-order valence-corrected chi connectivity index (χ2v) is 5.73. The maximum absolute atomic E-state index is 11.6. The topological polar surface area (TPSA) is 78.6 Å². The van der Waals surface area contributed by atoms with E-state index >= 15 is 0 Å². The Morgan fingerprint density at radius 2 is 1.95 bits per heavy atom. The molecule has 1 aromatic rings. The van der Waals surface area contributed by atoms with Gasteiger partial charge in [0.25, 0.3) is 0 Å². The first-order valence-electron chi connectivity index (χ1n) is 7.59. The van der Waals surface area contributed by atoms with Gasteiger partial charge in [-0.25, -0.2) is 0 Å². The van der Waals surface area contributed by atoms with Gasteiger partial charge in [0, 0.05) is 38.6 Å². The van der Waals surface area contributed by atoms with Crippen LogP contribution in [0.25, 0.3) is 0 Å². The summed E-state index contributed by atoms with van der Waals surface area (Å²) < 4.78 is 0. The Balaban J connectivity index is 1.85. The zero-order valence-electron chi connectivity index (χ0n) is 12.4. The highest BCUT2D eigenvalue weighted by Gasteiger charge is 2.22. The molecule has 0 spiro atoms. The minimum absolute atomic E-state index is 0.315. The lowest BCUT2D eigenvalue weighted by molar-refractivity contribution is -0.122. The molecule has 0 radical (unpaired) electrons. The molecule has 1 fully saturated rings. The monoisotopic (exact) mass is 291 g/mol. The van der Waals surface area contributed by atoms with Crippen molar-refractivity contribution in [1.29, 1.82) is 0 Å². The van der Waals surface area contributed by atoms with E-state index in [1.165, 1.54) is 0 Å². The molecule has 0 aromatic heterocycles. The Morgan fingerprint density at radius 1 is 1.29 bits per heavy atom. The van der Waals surface area contributed by atoms with Crippen LogP contribution in [0.15, 0.2) is 30.3 Å². The van der Waals surface area contributed by atoms with Crippen LogP contribution in [0.4, 0.5) is 0 Å². The van der Waals surface area contributed by atoms with E-state index < -0.39 is 6.10 Å². The Kier molecular flexibility index (Phi) is 6.17. The van der Waals surface area contributed by atoms with E-state index in [4.69, 9.17) is 5.73 Å². The van der Waals surface area contributed by atoms with E-state index in [0.717, 1.165) is 31.7 Å². The second-order valence-electron chi connectivity index (χ2n) is 5.73. The van der Waals surface area contributed by atoms with Crippen molar-refractivity contribution in [2.24, 2.45) is 11.7 Å². The lowest BCUT2D eigenvalue weighted by Crippen LogP contribution is -2.46. The van der Waals surface area contributed by atoms with Gasteiger partial charge in [-0.15, -0.1) is 0 Å². The van der Waals surface area contributed by atoms with Gasteiger partial charge in [0.05, 0.1) is 6.10 Å². The van der Waals surface area contributed by atoms with E-state index in [-0.39, 0.29) is 11.8 Å². The first-order valence-corrected chi connectivity index (χ1v) is 7.59. The summed E-state index contributed by atoms with van der Waals surface area (Å²) in [5.41, 5.74) is 6.57. The van der Waals surface area contributed by atoms with Crippen molar-refractivity contribution in [3.05, 3.63) is 35.9 Å². The van der Waals surface area contributed by atoms with Crippen molar-refractivity contribution in [3.8, 4) is 0 Å². The molecule has 1 heterocycles. The zero-order valence-corrected chi connectivity index (χ0v) is 12.4. The zero-order chi connectivity index (χ0) is 15.1. The third-order valence-corrected chi connectivity index (χ3v) is 3.96. The largest absolute Gasteiger partial charge is 0.392 e. The van der Waals surface area contributed by atoms with Crippen molar-refractivity contribution in [2.75, 3.05) is 32.7 Å². The molecule has 1 unspecified atom stereocenters. The van der Waals surface area contributed by atoms with E-state index in [1.807, 2.05) is 30.3 Å². The van der Waals surface area contributed by atoms with E-state index in [1.54, 1.807) is 0 Å². The molecule has 116 valence electrons. The molecule has 21 heavy (non-hydrogen) atoms. The fraction of sp³-hybridized carbons (Fsp3) is 0.562. The van der Waals surface area contributed by atoms with Gasteiger partial charge in [-0.3, -0.25) is 9.69 Å². The molecule has 1 aromatic carbocycles. The molecule has 1 amide bonds. The normalized spacial score (nSPS) is 19.1. The summed E-state index contributed by atoms with van der Waals surface area (Å²) >= 11 is 0. The predicted octanol–water partition coefficient (Wildman–Crippen LogP) is -0.0132. The molecular formula is C16H25N3O2. The molecule has 5 heteroatoms. The van der Waals surface area contributed by atoms with Crippen LogP contribution in [0.5, 0.6) is 0 Å². The molecule has 1 aliphatic rings. The quantitative estimate of drug-likeness (QED) is 0.660. The van der Waals surface area contributed by atoms with Crippen LogP contribution >= 0.6 is 0 Å². The summed E-state index contributed by atoms with van der Waals surface area (Å²) in [6.45, 7) is 4.40. The number of nitrogens with one attached hydrogen (secondary N) is 1. The van der Waals surface area contributed by atoms with Crippen LogP contribution in [0, 0.1) is 5.92 Å². The van der Waals surface area contributed by atoms with Gasteiger partial charge in [0.1, 0.15) is 0 Å². The number of carbonyl (C=O) groups excluding carboxylic acids is 1. The molecule has 4 N–H and O–H groups in total. The van der Waals surface area contributed by atoms with Gasteiger partial charge in [-0.05, 0) is 18.4 Å². The number of primary amides is 1. The average molecular weight is 291 g/mol. The number of nitrogens with two attached hydrogens (primary N) is 1. The van der Waals surface area contributed by atoms with Crippen molar-refractivity contribution < 1.29 is 9.90 Å². The molecule has 0 saturated carbocycles. The fourth-order valence-electron chi connectivity index (χ4n) is 2.79. The minimum atomic E-state index is -0.510. The molecule has 0 bridgehead atoms. The number of carbonyl (C=O) groups is 1. The molecule has 2 rings (SSSR count). The van der Waals surface area contributed by atoms with E-state index in [0.29, 0.717) is 19.4 Å². The Hall–Kier alpha value is -1.43. The van der Waals surface area contributed by atoms with Crippen molar-refractivity contribution in [2.45, 2.75) is 18.9 Å². The third-order valence-electron chi connectivity index (χ3n) is 3.96. The number of hydrogen-bond donors (Lipinski definition) is 3. The minimum Gasteiger partial charge on any atom is -0.392 e. The van der Waals surface area contributed by atoms with E-state index in [2.05, 4.69) is 10.2 Å². The molecular weight excluding hydrogens is 266 g/mol. The SMILES string of the molecule is NC(=O)[C@H](Cc1ccccc1)CC(O)CN1CCNCC1. The van der Waals surface area contributed by atoms with Crippen molar-refractivity contribution in [1.82, 2.24) is 10.2 Å². The fourth-order valence-corrected chi connectivity index (χ4v) is 2.79. The van der Waals surface area contributed by atoms with Crippen LogP contribution in [-0.2, 0) is 11.2 Å². The number of benzene rings is 1. The number of hydrogen-bond acceptors (Lipinski definition) is 4. The molecule has 5 nitrogen and oxygen atoms in total. The number of β-amino-alcohol motifs (C(OH)–C–C–N with tert-alkyl or cyclic N) is 1. The van der Waals surface area contributed by atoms with Crippen LogP contribution in [0.3, 0.4) is 0 Å². The molecule has 2 atom stereocenters. The summed E-state index contributed by atoms with van der Waals surface area (Å²) in [6, 6.07) is 9.81. The predicted molar refractivity (Wildman–Crippen MR) is 82.8 cm³/mol. The van der Waals surface area contributed by atoms with Crippen LogP contribution in [0.1, 0.15) is 12.0 Å². The molecule has 1 saturated heterocycles. The lowest BCUT2D eigenvalue weighted by atomic mass is 9.93. The molecule has 0 aliphatic carbocycles. The maximum Gasteiger partial charge on any atom is 0.220 e. The summed E-state index contributed by atoms with van der Waals surface area (Å²) in [5.74, 6) is -0.650. The van der Waals surface area contributed by atoms with Gasteiger partial charge >= 0.3 is 0 Å². The van der Waals surface area contributed by atoms with Gasteiger partial charge in [-0.2, -0.15) is 0 Å². The highest BCUT2D eigenvalue weighted by Crippen LogP contribution is 2.15. The summed E-state index contributed by atoms with van der Waals surface area (Å²) in [6.07, 6.45) is 0.507. The number of piperazine rings is 1. The van der Waals surface area contributed by atoms with Crippen molar-refractivity contribution >= 4 is 5.91 Å². The highest BCUT2D eigenvalue weighted by atomic mass is 16.3. The number of aliphatic hydroxyl groups is 1. The summed E-state index contributed by atoms with van der Waals surface area (Å²) in [5, 5.41) is 13.5. The summed E-state index contributed by atoms with van der Waals surface area (Å²) in [4.78, 5) is 13.8. The van der Waals surface area contributed by atoms with Crippen molar-refractivity contribution in [3.63, 3.8) is 0 Å². The average Bonchev–Trinajstić information content (AvgIpc) is 2.48. The third kappa shape index (κ3) is 5.46. The van der Waals surface area contributed by atoms with Gasteiger partial charge < -0.3 is 16.2 Å². The molecule has 1 aliphatic heterocycles. The maximum atomic E-state index is 11.6. The number of nitrogens with zero attached hydrogens (tertiary/aromatic N) is 1. The number of amides is 1. The number of aliphatic hydroxyl groups excluding tert-OH is 1. The van der Waals surface area contributed by atoms with Crippen LogP contribution in [0.2, 0.25) is 0 Å². The Morgan fingerprint density at radius 3 is 2.57 bits per heavy atom. The van der Waals surface area contributed by atoms with Crippen LogP contribution in [-0.4, -0.2) is 54.7 Å². The van der Waals surface area contributed by atoms with Gasteiger partial charge in [0.2, 0.25) is 5.91 Å². The number of rotatable bonds is 7. The first-order chi connectivity index (χ1) is 10.1. The first kappa shape index (κ1) is 15.9.